The number of nitrogens with one attached hydrogen (secondary N) is 2. The molecule has 0 aliphatic carbocycles. The lowest BCUT2D eigenvalue weighted by Crippen LogP contribution is -2.26. The zero-order valence-corrected chi connectivity index (χ0v) is 15.0. The van der Waals surface area contributed by atoms with Crippen LogP contribution in [0.3, 0.4) is 0 Å². The van der Waals surface area contributed by atoms with Crippen LogP contribution in [0.4, 0.5) is 5.69 Å². The maximum absolute atomic E-state index is 11.9. The van der Waals surface area contributed by atoms with Gasteiger partial charge < -0.3 is 10.1 Å². The number of nitrogens with zero attached hydrogens (tertiary/aromatic N) is 1. The molecule has 6 nitrogen and oxygen atoms in total. The summed E-state index contributed by atoms with van der Waals surface area (Å²) < 4.78 is 5.40. The van der Waals surface area contributed by atoms with E-state index in [1.54, 1.807) is 19.1 Å². The third-order valence-electron chi connectivity index (χ3n) is 3.55. The number of benzene rings is 2. The van der Waals surface area contributed by atoms with Gasteiger partial charge in [0.15, 0.2) is 6.61 Å². The van der Waals surface area contributed by atoms with E-state index in [1.807, 2.05) is 42.5 Å². The van der Waals surface area contributed by atoms with Gasteiger partial charge in [0.25, 0.3) is 5.91 Å². The SMILES string of the molecule is CCc1ccc(OCC(=O)N/N=C(/C)CC(=O)Nc2ccccc2)cc1. The number of carbonyl (C=O) groups is 2. The van der Waals surface area contributed by atoms with Gasteiger partial charge in [0.1, 0.15) is 5.75 Å². The van der Waals surface area contributed by atoms with Crippen LogP contribution in [0.1, 0.15) is 25.8 Å². The first kappa shape index (κ1) is 19.2. The van der Waals surface area contributed by atoms with Crippen LogP contribution in [0, 0.1) is 0 Å². The van der Waals surface area contributed by atoms with Gasteiger partial charge >= 0.3 is 0 Å². The van der Waals surface area contributed by atoms with Crippen molar-refractivity contribution in [1.82, 2.24) is 5.43 Å². The Morgan fingerprint density at radius 2 is 1.69 bits per heavy atom. The summed E-state index contributed by atoms with van der Waals surface area (Å²) in [6.07, 6.45) is 1.04. The molecule has 2 rings (SSSR count). The molecule has 0 radical (unpaired) electrons. The second kappa shape index (κ2) is 9.98. The topological polar surface area (TPSA) is 79.8 Å². The fraction of sp³-hybridized carbons (Fsp3) is 0.250. The van der Waals surface area contributed by atoms with Crippen molar-refractivity contribution in [3.8, 4) is 5.75 Å². The molecule has 6 heteroatoms. The smallest absolute Gasteiger partial charge is 0.277 e. The van der Waals surface area contributed by atoms with E-state index in [2.05, 4.69) is 22.8 Å². The van der Waals surface area contributed by atoms with Crippen molar-refractivity contribution >= 4 is 23.2 Å². The molecule has 0 atom stereocenters. The Morgan fingerprint density at radius 1 is 1.00 bits per heavy atom. The van der Waals surface area contributed by atoms with E-state index >= 15 is 0 Å². The first-order valence-electron chi connectivity index (χ1n) is 8.45. The predicted molar refractivity (Wildman–Crippen MR) is 102 cm³/mol. The highest BCUT2D eigenvalue weighted by Gasteiger charge is 2.06. The predicted octanol–water partition coefficient (Wildman–Crippen LogP) is 3.15. The van der Waals surface area contributed by atoms with Gasteiger partial charge in [-0.15, -0.1) is 0 Å². The maximum atomic E-state index is 11.9. The zero-order chi connectivity index (χ0) is 18.8. The molecule has 0 aromatic heterocycles. The van der Waals surface area contributed by atoms with Crippen molar-refractivity contribution in [1.29, 1.82) is 0 Å². The average Bonchev–Trinajstić information content (AvgIpc) is 2.65. The summed E-state index contributed by atoms with van der Waals surface area (Å²) in [6.45, 7) is 3.61. The fourth-order valence-corrected chi connectivity index (χ4v) is 2.16. The molecule has 0 saturated carbocycles. The van der Waals surface area contributed by atoms with Crippen LogP contribution >= 0.6 is 0 Å². The summed E-state index contributed by atoms with van der Waals surface area (Å²) >= 11 is 0. The molecule has 0 unspecified atom stereocenters. The Bertz CT molecular complexity index is 756. The Balaban J connectivity index is 1.72. The monoisotopic (exact) mass is 353 g/mol. The molecule has 2 N–H and O–H groups in total. The van der Waals surface area contributed by atoms with Crippen LogP contribution in [0.2, 0.25) is 0 Å². The number of hydrogen-bond donors (Lipinski definition) is 2. The van der Waals surface area contributed by atoms with Gasteiger partial charge in [-0.3, -0.25) is 9.59 Å². The van der Waals surface area contributed by atoms with Crippen LogP contribution in [-0.2, 0) is 16.0 Å². The van der Waals surface area contributed by atoms with Gasteiger partial charge in [-0.05, 0) is 43.2 Å². The maximum Gasteiger partial charge on any atom is 0.277 e. The molecule has 2 aromatic carbocycles. The van der Waals surface area contributed by atoms with E-state index in [4.69, 9.17) is 4.74 Å². The van der Waals surface area contributed by atoms with Crippen molar-refractivity contribution in [3.05, 3.63) is 60.2 Å². The largest absolute Gasteiger partial charge is 0.484 e. The third kappa shape index (κ3) is 6.76. The molecular weight excluding hydrogens is 330 g/mol. The Kier molecular flexibility index (Phi) is 7.36. The number of carbonyl (C=O) groups excluding carboxylic acids is 2. The first-order valence-corrected chi connectivity index (χ1v) is 8.45. The molecular formula is C20H23N3O3. The number of ether oxygens (including phenoxy) is 1. The minimum atomic E-state index is -0.382. The van der Waals surface area contributed by atoms with Gasteiger partial charge in [-0.1, -0.05) is 37.3 Å². The first-order chi connectivity index (χ1) is 12.6. The molecule has 2 amide bonds. The number of aryl methyl sites for hydroxylation is 1. The molecule has 0 spiro atoms. The normalized spacial score (nSPS) is 10.9. The molecule has 2 aromatic rings. The molecule has 0 saturated heterocycles. The van der Waals surface area contributed by atoms with Crippen molar-refractivity contribution in [3.63, 3.8) is 0 Å². The van der Waals surface area contributed by atoms with Gasteiger partial charge in [-0.25, -0.2) is 5.43 Å². The van der Waals surface area contributed by atoms with Crippen molar-refractivity contribution < 1.29 is 14.3 Å². The lowest BCUT2D eigenvalue weighted by Gasteiger charge is -2.07. The number of hydrogen-bond acceptors (Lipinski definition) is 4. The van der Waals surface area contributed by atoms with Crippen molar-refractivity contribution in [2.45, 2.75) is 26.7 Å². The molecule has 26 heavy (non-hydrogen) atoms. The highest BCUT2D eigenvalue weighted by atomic mass is 16.5. The van der Waals surface area contributed by atoms with Gasteiger partial charge in [0.05, 0.1) is 6.42 Å². The summed E-state index contributed by atoms with van der Waals surface area (Å²) in [5, 5.41) is 6.68. The van der Waals surface area contributed by atoms with Gasteiger partial charge in [0, 0.05) is 11.4 Å². The highest BCUT2D eigenvalue weighted by molar-refractivity contribution is 6.05. The molecule has 0 bridgehead atoms. The summed E-state index contributed by atoms with van der Waals surface area (Å²) in [4.78, 5) is 23.7. The number of anilines is 1. The second-order valence-electron chi connectivity index (χ2n) is 5.76. The van der Waals surface area contributed by atoms with E-state index in [0.29, 0.717) is 11.5 Å². The summed E-state index contributed by atoms with van der Waals surface area (Å²) in [5.74, 6) is 0.0478. The minimum Gasteiger partial charge on any atom is -0.484 e. The van der Waals surface area contributed by atoms with Crippen LogP contribution in [-0.4, -0.2) is 24.1 Å². The van der Waals surface area contributed by atoms with Gasteiger partial charge in [-0.2, -0.15) is 5.10 Å². The highest BCUT2D eigenvalue weighted by Crippen LogP contribution is 2.12. The number of hydrazone groups is 1. The Hall–Kier alpha value is -3.15. The standard InChI is InChI=1S/C20H23N3O3/c1-3-16-9-11-18(12-10-16)26-14-20(25)23-22-15(2)13-19(24)21-17-7-5-4-6-8-17/h4-12H,3,13-14H2,1-2H3,(H,21,24)(H,23,25)/b22-15-. The van der Waals surface area contributed by atoms with E-state index in [1.165, 1.54) is 5.56 Å². The van der Waals surface area contributed by atoms with Crippen LogP contribution in [0.25, 0.3) is 0 Å². The molecule has 0 heterocycles. The Labute approximate surface area is 153 Å². The average molecular weight is 353 g/mol. The quantitative estimate of drug-likeness (QED) is 0.565. The molecule has 0 fully saturated rings. The number of amides is 2. The molecule has 136 valence electrons. The fourth-order valence-electron chi connectivity index (χ4n) is 2.16. The summed E-state index contributed by atoms with van der Waals surface area (Å²) in [6, 6.07) is 16.7. The van der Waals surface area contributed by atoms with Crippen molar-refractivity contribution in [2.75, 3.05) is 11.9 Å². The minimum absolute atomic E-state index is 0.0918. The van der Waals surface area contributed by atoms with E-state index in [0.717, 1.165) is 12.1 Å². The third-order valence-corrected chi connectivity index (χ3v) is 3.55. The second-order valence-corrected chi connectivity index (χ2v) is 5.76. The van der Waals surface area contributed by atoms with E-state index in [9.17, 15) is 9.59 Å². The van der Waals surface area contributed by atoms with Crippen LogP contribution in [0.5, 0.6) is 5.75 Å². The lowest BCUT2D eigenvalue weighted by atomic mass is 10.2. The lowest BCUT2D eigenvalue weighted by molar-refractivity contribution is -0.123. The number of rotatable bonds is 8. The molecule has 0 aliphatic heterocycles. The zero-order valence-electron chi connectivity index (χ0n) is 15.0. The van der Waals surface area contributed by atoms with Crippen molar-refractivity contribution in [2.24, 2.45) is 5.10 Å². The van der Waals surface area contributed by atoms with Crippen LogP contribution in [0.15, 0.2) is 59.7 Å². The van der Waals surface area contributed by atoms with Gasteiger partial charge in [0.2, 0.25) is 5.91 Å². The number of para-hydroxylation sites is 1. The van der Waals surface area contributed by atoms with E-state index < -0.39 is 0 Å². The van der Waals surface area contributed by atoms with E-state index in [-0.39, 0.29) is 24.8 Å². The molecule has 0 aliphatic rings. The Morgan fingerprint density at radius 3 is 2.35 bits per heavy atom. The van der Waals surface area contributed by atoms with Crippen LogP contribution < -0.4 is 15.5 Å². The summed E-state index contributed by atoms with van der Waals surface area (Å²) in [7, 11) is 0. The summed E-state index contributed by atoms with van der Waals surface area (Å²) in [5.41, 5.74) is 4.81.